The summed E-state index contributed by atoms with van der Waals surface area (Å²) in [4.78, 5) is 14.3. The van der Waals surface area contributed by atoms with E-state index in [9.17, 15) is 9.90 Å². The van der Waals surface area contributed by atoms with Crippen molar-refractivity contribution in [3.05, 3.63) is 17.7 Å². The fourth-order valence-electron chi connectivity index (χ4n) is 4.04. The van der Waals surface area contributed by atoms with Crippen molar-refractivity contribution in [3.8, 4) is 11.5 Å². The van der Waals surface area contributed by atoms with Crippen molar-refractivity contribution < 1.29 is 19.4 Å². The van der Waals surface area contributed by atoms with Gasteiger partial charge in [0.05, 0.1) is 25.3 Å². The molecule has 1 saturated carbocycles. The number of rotatable bonds is 5. The fraction of sp³-hybridized carbons (Fsp3) is 0.611. The molecule has 0 atom stereocenters. The summed E-state index contributed by atoms with van der Waals surface area (Å²) in [7, 11) is 3.26. The number of nitrogens with zero attached hydrogens (tertiary/aromatic N) is 1. The van der Waals surface area contributed by atoms with E-state index in [1.165, 1.54) is 12.8 Å². The predicted molar refractivity (Wildman–Crippen MR) is 88.8 cm³/mol. The number of anilines is 1. The lowest BCUT2D eigenvalue weighted by Crippen LogP contribution is -2.33. The van der Waals surface area contributed by atoms with Gasteiger partial charge in [-0.25, -0.2) is 0 Å². The lowest BCUT2D eigenvalue weighted by molar-refractivity contribution is -0.143. The molecule has 23 heavy (non-hydrogen) atoms. The molecule has 2 aliphatic rings. The average molecular weight is 319 g/mol. The number of aliphatic carboxylic acids is 1. The van der Waals surface area contributed by atoms with Crippen LogP contribution in [0.1, 0.15) is 44.1 Å². The summed E-state index contributed by atoms with van der Waals surface area (Å²) in [5.41, 5.74) is 0.913. The molecule has 1 aromatic carbocycles. The van der Waals surface area contributed by atoms with Gasteiger partial charge in [0.1, 0.15) is 11.5 Å². The largest absolute Gasteiger partial charge is 0.496 e. The quantitative estimate of drug-likeness (QED) is 0.903. The molecule has 126 valence electrons. The molecule has 0 spiro atoms. The van der Waals surface area contributed by atoms with Gasteiger partial charge in [-0.05, 0) is 31.7 Å². The van der Waals surface area contributed by atoms with E-state index in [4.69, 9.17) is 9.47 Å². The Kier molecular flexibility index (Phi) is 4.37. The molecular weight excluding hydrogens is 294 g/mol. The number of ether oxygens (including phenoxy) is 2. The topological polar surface area (TPSA) is 59.0 Å². The highest BCUT2D eigenvalue weighted by Gasteiger charge is 2.45. The number of benzene rings is 1. The maximum Gasteiger partial charge on any atom is 0.314 e. The fourth-order valence-corrected chi connectivity index (χ4v) is 4.04. The first kappa shape index (κ1) is 16.0. The van der Waals surface area contributed by atoms with Crippen molar-refractivity contribution in [2.24, 2.45) is 0 Å². The normalized spacial score (nSPS) is 19.8. The molecule has 5 heteroatoms. The van der Waals surface area contributed by atoms with Crippen LogP contribution in [-0.2, 0) is 10.2 Å². The molecular formula is C18H25NO4. The van der Waals surface area contributed by atoms with Crippen LogP contribution in [0.25, 0.3) is 0 Å². The zero-order chi connectivity index (χ0) is 16.4. The molecule has 1 aliphatic carbocycles. The van der Waals surface area contributed by atoms with E-state index < -0.39 is 11.4 Å². The van der Waals surface area contributed by atoms with Gasteiger partial charge in [0.2, 0.25) is 0 Å². The van der Waals surface area contributed by atoms with Gasteiger partial charge in [0, 0.05) is 24.7 Å². The maximum atomic E-state index is 12.0. The molecule has 5 nitrogen and oxygen atoms in total. The first-order chi connectivity index (χ1) is 11.1. The summed E-state index contributed by atoms with van der Waals surface area (Å²) in [6, 6.07) is 3.86. The van der Waals surface area contributed by atoms with Gasteiger partial charge in [0.15, 0.2) is 0 Å². The Bertz CT molecular complexity index is 587. The van der Waals surface area contributed by atoms with Crippen LogP contribution >= 0.6 is 0 Å². The van der Waals surface area contributed by atoms with Crippen molar-refractivity contribution in [3.63, 3.8) is 0 Å². The minimum atomic E-state index is -0.845. The van der Waals surface area contributed by atoms with E-state index in [0.29, 0.717) is 18.6 Å². The lowest BCUT2D eigenvalue weighted by Gasteiger charge is -2.29. The smallest absolute Gasteiger partial charge is 0.314 e. The number of carbonyl (C=O) groups is 1. The Hall–Kier alpha value is -1.91. The van der Waals surface area contributed by atoms with Gasteiger partial charge in [-0.1, -0.05) is 12.8 Å². The van der Waals surface area contributed by atoms with Crippen molar-refractivity contribution in [2.75, 3.05) is 32.2 Å². The first-order valence-corrected chi connectivity index (χ1v) is 8.37. The van der Waals surface area contributed by atoms with Crippen LogP contribution in [0.15, 0.2) is 12.1 Å². The minimum Gasteiger partial charge on any atom is -0.496 e. The molecule has 1 heterocycles. The van der Waals surface area contributed by atoms with E-state index in [1.54, 1.807) is 14.2 Å². The Morgan fingerprint density at radius 3 is 2.17 bits per heavy atom. The van der Waals surface area contributed by atoms with Crippen molar-refractivity contribution >= 4 is 11.7 Å². The molecule has 1 aliphatic heterocycles. The Morgan fingerprint density at radius 1 is 1.04 bits per heavy atom. The van der Waals surface area contributed by atoms with E-state index in [2.05, 4.69) is 4.90 Å². The van der Waals surface area contributed by atoms with Gasteiger partial charge in [0.25, 0.3) is 0 Å². The highest BCUT2D eigenvalue weighted by molar-refractivity contribution is 5.84. The van der Waals surface area contributed by atoms with E-state index in [0.717, 1.165) is 42.9 Å². The van der Waals surface area contributed by atoms with Crippen LogP contribution in [0.2, 0.25) is 0 Å². The summed E-state index contributed by atoms with van der Waals surface area (Å²) < 4.78 is 11.2. The monoisotopic (exact) mass is 319 g/mol. The molecule has 0 amide bonds. The lowest BCUT2D eigenvalue weighted by atomic mass is 9.78. The van der Waals surface area contributed by atoms with Crippen LogP contribution in [0.4, 0.5) is 5.69 Å². The molecule has 1 aromatic rings. The molecule has 1 N–H and O–H groups in total. The number of carboxylic acid groups (broad SMARTS) is 1. The Balaban J connectivity index is 2.11. The van der Waals surface area contributed by atoms with Crippen LogP contribution < -0.4 is 14.4 Å². The number of methoxy groups -OCH3 is 2. The molecule has 2 fully saturated rings. The second-order valence-corrected chi connectivity index (χ2v) is 6.51. The number of hydrogen-bond acceptors (Lipinski definition) is 4. The molecule has 0 unspecified atom stereocenters. The third-order valence-corrected chi connectivity index (χ3v) is 5.33. The van der Waals surface area contributed by atoms with E-state index in [1.807, 2.05) is 12.1 Å². The highest BCUT2D eigenvalue weighted by atomic mass is 16.5. The second kappa shape index (κ2) is 6.30. The zero-order valence-electron chi connectivity index (χ0n) is 13.9. The van der Waals surface area contributed by atoms with Crippen LogP contribution in [0.3, 0.4) is 0 Å². The van der Waals surface area contributed by atoms with Crippen molar-refractivity contribution in [1.29, 1.82) is 0 Å². The van der Waals surface area contributed by atoms with E-state index >= 15 is 0 Å². The van der Waals surface area contributed by atoms with Crippen LogP contribution in [0, 0.1) is 0 Å². The predicted octanol–water partition coefficient (Wildman–Crippen LogP) is 3.20. The van der Waals surface area contributed by atoms with Gasteiger partial charge in [-0.3, -0.25) is 4.79 Å². The molecule has 0 radical (unpaired) electrons. The zero-order valence-corrected chi connectivity index (χ0v) is 13.9. The van der Waals surface area contributed by atoms with Gasteiger partial charge in [-0.15, -0.1) is 0 Å². The number of carboxylic acids is 1. The highest BCUT2D eigenvalue weighted by Crippen LogP contribution is 2.48. The molecule has 0 bridgehead atoms. The van der Waals surface area contributed by atoms with Crippen molar-refractivity contribution in [2.45, 2.75) is 43.9 Å². The SMILES string of the molecule is COc1cc(C2(C(=O)O)CCCC2)c(OC)cc1N1CCCC1. The minimum absolute atomic E-state index is 0.658. The summed E-state index contributed by atoms with van der Waals surface area (Å²) in [5.74, 6) is 0.650. The van der Waals surface area contributed by atoms with Gasteiger partial charge < -0.3 is 19.5 Å². The summed E-state index contributed by atoms with van der Waals surface area (Å²) in [6.07, 6.45) is 5.53. The van der Waals surface area contributed by atoms with Gasteiger partial charge >= 0.3 is 5.97 Å². The van der Waals surface area contributed by atoms with Gasteiger partial charge in [-0.2, -0.15) is 0 Å². The molecule has 0 aromatic heterocycles. The second-order valence-electron chi connectivity index (χ2n) is 6.51. The Labute approximate surface area is 137 Å². The number of hydrogen-bond donors (Lipinski definition) is 1. The summed E-state index contributed by atoms with van der Waals surface area (Å²) >= 11 is 0. The average Bonchev–Trinajstić information content (AvgIpc) is 3.25. The van der Waals surface area contributed by atoms with Crippen LogP contribution in [-0.4, -0.2) is 38.4 Å². The summed E-state index contributed by atoms with van der Waals surface area (Å²) in [6.45, 7) is 2.01. The van der Waals surface area contributed by atoms with E-state index in [-0.39, 0.29) is 0 Å². The van der Waals surface area contributed by atoms with Crippen LogP contribution in [0.5, 0.6) is 11.5 Å². The molecule has 1 saturated heterocycles. The first-order valence-electron chi connectivity index (χ1n) is 8.37. The van der Waals surface area contributed by atoms with Crippen molar-refractivity contribution in [1.82, 2.24) is 0 Å². The standard InChI is InChI=1S/C18H25NO4/c1-22-15-12-14(19-9-5-6-10-19)16(23-2)11-13(15)18(17(20)21)7-3-4-8-18/h11-12H,3-10H2,1-2H3,(H,20,21). The third kappa shape index (κ3) is 2.62. The molecule has 3 rings (SSSR count). The summed E-state index contributed by atoms with van der Waals surface area (Å²) in [5, 5.41) is 9.87. The third-order valence-electron chi connectivity index (χ3n) is 5.33. The Morgan fingerprint density at radius 2 is 1.65 bits per heavy atom. The maximum absolute atomic E-state index is 12.0.